The minimum absolute atomic E-state index is 0.311. The molecule has 0 saturated carbocycles. The quantitative estimate of drug-likeness (QED) is 0.507. The van der Waals surface area contributed by atoms with Gasteiger partial charge in [-0.2, -0.15) is 0 Å². The van der Waals surface area contributed by atoms with Gasteiger partial charge in [-0.25, -0.2) is 4.79 Å². The highest BCUT2D eigenvalue weighted by molar-refractivity contribution is 5.89. The average molecular weight is 302 g/mol. The van der Waals surface area contributed by atoms with Gasteiger partial charge in [0.15, 0.2) is 0 Å². The van der Waals surface area contributed by atoms with E-state index in [2.05, 4.69) is 24.3 Å². The zero-order valence-electron chi connectivity index (χ0n) is 12.8. The second kappa shape index (κ2) is 7.41. The maximum atomic E-state index is 11.8. The van der Waals surface area contributed by atoms with Gasteiger partial charge in [0.1, 0.15) is 0 Å². The number of esters is 1. The van der Waals surface area contributed by atoms with Gasteiger partial charge in [0.25, 0.3) is 0 Å². The van der Waals surface area contributed by atoms with E-state index < -0.39 is 0 Å². The number of benzene rings is 3. The summed E-state index contributed by atoms with van der Waals surface area (Å²) in [4.78, 5) is 11.8. The maximum absolute atomic E-state index is 11.8. The lowest BCUT2D eigenvalue weighted by Gasteiger charge is -2.02. The van der Waals surface area contributed by atoms with Crippen LogP contribution in [-0.2, 0) is 16.0 Å². The van der Waals surface area contributed by atoms with Crippen molar-refractivity contribution in [3.8, 4) is 0 Å². The minimum atomic E-state index is -0.311. The number of ether oxygens (including phenoxy) is 1. The van der Waals surface area contributed by atoms with E-state index in [9.17, 15) is 4.79 Å². The molecule has 114 valence electrons. The number of rotatable bonds is 5. The molecule has 2 nitrogen and oxygen atoms in total. The van der Waals surface area contributed by atoms with Crippen LogP contribution >= 0.6 is 0 Å². The van der Waals surface area contributed by atoms with Crippen LogP contribution in [0, 0.1) is 0 Å². The molecule has 0 aliphatic rings. The first-order chi connectivity index (χ1) is 11.3. The highest BCUT2D eigenvalue weighted by atomic mass is 16.5. The molecule has 3 aromatic rings. The molecule has 0 aliphatic heterocycles. The fourth-order valence-electron chi connectivity index (χ4n) is 2.44. The molecule has 2 heteroatoms. The molecule has 0 aromatic heterocycles. The van der Waals surface area contributed by atoms with Crippen molar-refractivity contribution in [2.75, 3.05) is 6.61 Å². The van der Waals surface area contributed by atoms with E-state index in [4.69, 9.17) is 4.74 Å². The Bertz CT molecular complexity index is 819. The number of fused-ring (bicyclic) bond motifs is 1. The fraction of sp³-hybridized carbons (Fsp3) is 0.0952. The monoisotopic (exact) mass is 302 g/mol. The Morgan fingerprint density at radius 3 is 2.43 bits per heavy atom. The Labute approximate surface area is 136 Å². The van der Waals surface area contributed by atoms with Crippen LogP contribution in [0.5, 0.6) is 0 Å². The molecule has 0 fully saturated rings. The summed E-state index contributed by atoms with van der Waals surface area (Å²) >= 11 is 0. The van der Waals surface area contributed by atoms with E-state index in [1.165, 1.54) is 17.0 Å². The Morgan fingerprint density at radius 1 is 0.870 bits per heavy atom. The molecule has 23 heavy (non-hydrogen) atoms. The molecular formula is C21H18O2. The van der Waals surface area contributed by atoms with Crippen LogP contribution in [0.1, 0.15) is 11.1 Å². The van der Waals surface area contributed by atoms with Crippen LogP contribution in [0.25, 0.3) is 16.8 Å². The van der Waals surface area contributed by atoms with Crippen molar-refractivity contribution < 1.29 is 9.53 Å². The summed E-state index contributed by atoms with van der Waals surface area (Å²) in [5.74, 6) is -0.311. The molecule has 0 atom stereocenters. The van der Waals surface area contributed by atoms with Crippen molar-refractivity contribution >= 4 is 22.8 Å². The summed E-state index contributed by atoms with van der Waals surface area (Å²) in [6, 6.07) is 24.3. The van der Waals surface area contributed by atoms with Crippen molar-refractivity contribution in [1.29, 1.82) is 0 Å². The van der Waals surface area contributed by atoms with Crippen LogP contribution < -0.4 is 0 Å². The number of hydrogen-bond acceptors (Lipinski definition) is 2. The van der Waals surface area contributed by atoms with Crippen LogP contribution in [0.4, 0.5) is 0 Å². The SMILES string of the molecule is O=C(/C=C/c1ccc2ccccc2c1)OCCc1ccccc1. The third-order valence-corrected chi connectivity index (χ3v) is 3.66. The van der Waals surface area contributed by atoms with Gasteiger partial charge in [0.2, 0.25) is 0 Å². The summed E-state index contributed by atoms with van der Waals surface area (Å²) < 4.78 is 5.23. The summed E-state index contributed by atoms with van der Waals surface area (Å²) in [6.07, 6.45) is 4.00. The predicted octanol–water partition coefficient (Wildman–Crippen LogP) is 4.64. The van der Waals surface area contributed by atoms with Gasteiger partial charge >= 0.3 is 5.97 Å². The molecule has 0 aliphatic carbocycles. The third kappa shape index (κ3) is 4.30. The van der Waals surface area contributed by atoms with E-state index in [1.54, 1.807) is 6.08 Å². The third-order valence-electron chi connectivity index (χ3n) is 3.66. The van der Waals surface area contributed by atoms with Crippen molar-refractivity contribution in [1.82, 2.24) is 0 Å². The van der Waals surface area contributed by atoms with Gasteiger partial charge in [-0.3, -0.25) is 0 Å². The summed E-state index contributed by atoms with van der Waals surface area (Å²) in [7, 11) is 0. The van der Waals surface area contributed by atoms with E-state index in [1.807, 2.05) is 48.5 Å². The molecule has 0 saturated heterocycles. The van der Waals surface area contributed by atoms with Crippen LogP contribution in [-0.4, -0.2) is 12.6 Å². The van der Waals surface area contributed by atoms with Gasteiger partial charge in [-0.1, -0.05) is 66.7 Å². The first-order valence-electron chi connectivity index (χ1n) is 7.69. The first-order valence-corrected chi connectivity index (χ1v) is 7.69. The zero-order valence-corrected chi connectivity index (χ0v) is 12.8. The molecule has 0 radical (unpaired) electrons. The maximum Gasteiger partial charge on any atom is 0.330 e. The fourth-order valence-corrected chi connectivity index (χ4v) is 2.44. The van der Waals surface area contributed by atoms with E-state index in [0.29, 0.717) is 6.61 Å². The highest BCUT2D eigenvalue weighted by Gasteiger charge is 1.99. The highest BCUT2D eigenvalue weighted by Crippen LogP contribution is 2.16. The lowest BCUT2D eigenvalue weighted by Crippen LogP contribution is -2.04. The van der Waals surface area contributed by atoms with E-state index in [0.717, 1.165) is 17.4 Å². The predicted molar refractivity (Wildman–Crippen MR) is 94.1 cm³/mol. The van der Waals surface area contributed by atoms with Crippen molar-refractivity contribution in [3.63, 3.8) is 0 Å². The van der Waals surface area contributed by atoms with Crippen molar-refractivity contribution in [3.05, 3.63) is 90.0 Å². The minimum Gasteiger partial charge on any atom is -0.462 e. The van der Waals surface area contributed by atoms with Gasteiger partial charge in [0.05, 0.1) is 6.61 Å². The normalized spacial score (nSPS) is 11.0. The van der Waals surface area contributed by atoms with E-state index >= 15 is 0 Å². The van der Waals surface area contributed by atoms with E-state index in [-0.39, 0.29) is 5.97 Å². The Kier molecular flexibility index (Phi) is 4.85. The summed E-state index contributed by atoms with van der Waals surface area (Å²) in [6.45, 7) is 0.394. The van der Waals surface area contributed by atoms with Crippen LogP contribution in [0.3, 0.4) is 0 Å². The lowest BCUT2D eigenvalue weighted by molar-refractivity contribution is -0.137. The molecule has 3 aromatic carbocycles. The zero-order chi connectivity index (χ0) is 15.9. The second-order valence-corrected chi connectivity index (χ2v) is 5.34. The molecular weight excluding hydrogens is 284 g/mol. The number of hydrogen-bond donors (Lipinski definition) is 0. The van der Waals surface area contributed by atoms with Crippen molar-refractivity contribution in [2.24, 2.45) is 0 Å². The van der Waals surface area contributed by atoms with Crippen LogP contribution in [0.15, 0.2) is 78.9 Å². The Morgan fingerprint density at radius 2 is 1.61 bits per heavy atom. The van der Waals surface area contributed by atoms with Crippen LogP contribution in [0.2, 0.25) is 0 Å². The molecule has 0 bridgehead atoms. The Balaban J connectivity index is 1.55. The molecule has 0 amide bonds. The molecule has 3 rings (SSSR count). The molecule has 0 spiro atoms. The number of carbonyl (C=O) groups is 1. The first kappa shape index (κ1) is 15.0. The van der Waals surface area contributed by atoms with Crippen molar-refractivity contribution in [2.45, 2.75) is 6.42 Å². The smallest absolute Gasteiger partial charge is 0.330 e. The topological polar surface area (TPSA) is 26.3 Å². The summed E-state index contributed by atoms with van der Waals surface area (Å²) in [5.41, 5.74) is 2.16. The Hall–Kier alpha value is -2.87. The standard InChI is InChI=1S/C21H18O2/c22-21(23-15-14-17-6-2-1-3-7-17)13-11-18-10-12-19-8-4-5-9-20(19)16-18/h1-13,16H,14-15H2/b13-11+. The van der Waals surface area contributed by atoms with Gasteiger partial charge in [0, 0.05) is 12.5 Å². The van der Waals surface area contributed by atoms with Gasteiger partial charge < -0.3 is 4.74 Å². The average Bonchev–Trinajstić information content (AvgIpc) is 2.61. The van der Waals surface area contributed by atoms with Gasteiger partial charge in [-0.15, -0.1) is 0 Å². The number of carbonyl (C=O) groups excluding carboxylic acids is 1. The van der Waals surface area contributed by atoms with Gasteiger partial charge in [-0.05, 0) is 34.0 Å². The summed E-state index contributed by atoms with van der Waals surface area (Å²) in [5, 5.41) is 2.35. The molecule has 0 heterocycles. The molecule has 0 unspecified atom stereocenters. The lowest BCUT2D eigenvalue weighted by atomic mass is 10.1. The second-order valence-electron chi connectivity index (χ2n) is 5.34. The largest absolute Gasteiger partial charge is 0.462 e. The molecule has 0 N–H and O–H groups in total.